The van der Waals surface area contributed by atoms with E-state index in [1.54, 1.807) is 6.07 Å². The van der Waals surface area contributed by atoms with Gasteiger partial charge >= 0.3 is 6.16 Å². The number of piperazine rings is 1. The predicted molar refractivity (Wildman–Crippen MR) is 127 cm³/mol. The van der Waals surface area contributed by atoms with E-state index in [9.17, 15) is 9.90 Å². The Bertz CT molecular complexity index is 1140. The first-order valence-electron chi connectivity index (χ1n) is 10.5. The number of nitrogens with zero attached hydrogens (tertiary/aromatic N) is 2. The summed E-state index contributed by atoms with van der Waals surface area (Å²) in [6.45, 7) is 10.4. The molecule has 1 aliphatic heterocycles. The van der Waals surface area contributed by atoms with Crippen molar-refractivity contribution in [3.63, 3.8) is 0 Å². The van der Waals surface area contributed by atoms with Crippen LogP contribution in [0.4, 0.5) is 10.5 Å². The summed E-state index contributed by atoms with van der Waals surface area (Å²) in [5.41, 5.74) is 3.41. The minimum absolute atomic E-state index is 0.0486. The Labute approximate surface area is 195 Å². The van der Waals surface area contributed by atoms with E-state index in [0.717, 1.165) is 52.9 Å². The highest BCUT2D eigenvalue weighted by molar-refractivity contribution is 9.10. The molecule has 0 radical (unpaired) electrons. The topological polar surface area (TPSA) is 86.4 Å². The quantitative estimate of drug-likeness (QED) is 0.450. The van der Waals surface area contributed by atoms with E-state index in [-0.39, 0.29) is 11.4 Å². The summed E-state index contributed by atoms with van der Waals surface area (Å²) in [6.07, 6.45) is -1.41. The van der Waals surface area contributed by atoms with Crippen LogP contribution in [0.5, 0.6) is 11.7 Å². The van der Waals surface area contributed by atoms with Gasteiger partial charge in [-0.1, -0.05) is 39.0 Å². The molecule has 2 N–H and O–H groups in total. The summed E-state index contributed by atoms with van der Waals surface area (Å²) in [6, 6.07) is 11.4. The molecule has 3 aromatic rings. The van der Waals surface area contributed by atoms with E-state index in [1.807, 2.05) is 30.3 Å². The number of aromatic hydroxyl groups is 1. The summed E-state index contributed by atoms with van der Waals surface area (Å²) in [7, 11) is 0. The third-order valence-corrected chi connectivity index (χ3v) is 6.65. The van der Waals surface area contributed by atoms with Crippen LogP contribution in [0, 0.1) is 0 Å². The fourth-order valence-electron chi connectivity index (χ4n) is 4.14. The first-order valence-corrected chi connectivity index (χ1v) is 11.3. The number of furan rings is 1. The fraction of sp³-hybridized carbons (Fsp3) is 0.375. The van der Waals surface area contributed by atoms with Crippen LogP contribution in [0.3, 0.4) is 0 Å². The maximum Gasteiger partial charge on any atom is 0.513 e. The van der Waals surface area contributed by atoms with Gasteiger partial charge in [0.05, 0.1) is 10.2 Å². The zero-order valence-electron chi connectivity index (χ0n) is 18.4. The zero-order valence-corrected chi connectivity index (χ0v) is 20.0. The standard InChI is InChI=1S/C24H27BrN2O5/c1-24(2,3)17-6-4-5-15(22(17)28)14-26-9-11-27(12-10-26)18-7-8-19-16(21(18)25)13-20(31-19)32-23(29)30/h4-8,13,28H,9-12,14H2,1-3H3,(H,29,30). The number of hydrogen-bond acceptors (Lipinski definition) is 6. The second-order valence-corrected chi connectivity index (χ2v) is 9.86. The van der Waals surface area contributed by atoms with Gasteiger partial charge in [-0.05, 0) is 39.0 Å². The number of hydrogen-bond donors (Lipinski definition) is 2. The zero-order chi connectivity index (χ0) is 23.0. The summed E-state index contributed by atoms with van der Waals surface area (Å²) in [5.74, 6) is 0.349. The van der Waals surface area contributed by atoms with Crippen molar-refractivity contribution in [3.8, 4) is 11.7 Å². The molecule has 32 heavy (non-hydrogen) atoms. The third kappa shape index (κ3) is 4.56. The number of benzene rings is 2. The number of anilines is 1. The molecule has 8 heteroatoms. The maximum atomic E-state index is 10.8. The second-order valence-electron chi connectivity index (χ2n) is 9.07. The van der Waals surface area contributed by atoms with Crippen LogP contribution < -0.4 is 9.64 Å². The summed E-state index contributed by atoms with van der Waals surface area (Å²) in [5, 5.41) is 20.3. The van der Waals surface area contributed by atoms with Crippen LogP contribution >= 0.6 is 15.9 Å². The average Bonchev–Trinajstić information content (AvgIpc) is 3.12. The van der Waals surface area contributed by atoms with E-state index < -0.39 is 6.16 Å². The maximum absolute atomic E-state index is 10.8. The van der Waals surface area contributed by atoms with E-state index >= 15 is 0 Å². The van der Waals surface area contributed by atoms with Crippen molar-refractivity contribution in [1.82, 2.24) is 4.90 Å². The van der Waals surface area contributed by atoms with Crippen LogP contribution in [0.15, 0.2) is 45.3 Å². The van der Waals surface area contributed by atoms with Crippen LogP contribution in [0.25, 0.3) is 11.0 Å². The predicted octanol–water partition coefficient (Wildman–Crippen LogP) is 5.58. The van der Waals surface area contributed by atoms with E-state index in [2.05, 4.69) is 51.2 Å². The summed E-state index contributed by atoms with van der Waals surface area (Å²) in [4.78, 5) is 15.4. The van der Waals surface area contributed by atoms with Gasteiger partial charge in [0.25, 0.3) is 5.95 Å². The molecule has 1 saturated heterocycles. The Morgan fingerprint density at radius 1 is 1.16 bits per heavy atom. The molecule has 2 aromatic carbocycles. The highest BCUT2D eigenvalue weighted by Gasteiger charge is 2.24. The first kappa shape index (κ1) is 22.5. The number of para-hydroxylation sites is 1. The van der Waals surface area contributed by atoms with Gasteiger partial charge < -0.3 is 24.3 Å². The summed E-state index contributed by atoms with van der Waals surface area (Å²) < 4.78 is 10.9. The number of phenols is 1. The Hall–Kier alpha value is -2.71. The SMILES string of the molecule is CC(C)(C)c1cccc(CN2CCN(c3ccc4oc(OC(=O)O)cc4c3Br)CC2)c1O. The lowest BCUT2D eigenvalue weighted by molar-refractivity contribution is 0.134. The van der Waals surface area contributed by atoms with Crippen molar-refractivity contribution in [1.29, 1.82) is 0 Å². The van der Waals surface area contributed by atoms with Crippen LogP contribution in [0.1, 0.15) is 31.9 Å². The van der Waals surface area contributed by atoms with Gasteiger partial charge in [-0.15, -0.1) is 0 Å². The number of ether oxygens (including phenoxy) is 1. The van der Waals surface area contributed by atoms with Crippen molar-refractivity contribution >= 4 is 38.7 Å². The van der Waals surface area contributed by atoms with Gasteiger partial charge in [0.1, 0.15) is 11.3 Å². The molecule has 2 heterocycles. The Kier molecular flexibility index (Phi) is 6.09. The molecule has 170 valence electrons. The minimum Gasteiger partial charge on any atom is -0.507 e. The van der Waals surface area contributed by atoms with Crippen molar-refractivity contribution in [3.05, 3.63) is 52.0 Å². The summed E-state index contributed by atoms with van der Waals surface area (Å²) >= 11 is 3.65. The number of fused-ring (bicyclic) bond motifs is 1. The molecule has 0 saturated carbocycles. The van der Waals surface area contributed by atoms with Gasteiger partial charge in [0, 0.05) is 49.7 Å². The molecule has 0 aliphatic carbocycles. The molecule has 0 atom stereocenters. The Morgan fingerprint density at radius 2 is 1.88 bits per heavy atom. The molecular formula is C24H27BrN2O5. The highest BCUT2D eigenvalue weighted by Crippen LogP contribution is 2.38. The third-order valence-electron chi connectivity index (χ3n) is 5.81. The molecule has 0 bridgehead atoms. The van der Waals surface area contributed by atoms with Gasteiger partial charge in [-0.25, -0.2) is 4.79 Å². The Morgan fingerprint density at radius 3 is 2.53 bits per heavy atom. The molecule has 1 fully saturated rings. The molecule has 0 spiro atoms. The van der Waals surface area contributed by atoms with Crippen LogP contribution in [0.2, 0.25) is 0 Å². The highest BCUT2D eigenvalue weighted by atomic mass is 79.9. The Balaban J connectivity index is 1.46. The van der Waals surface area contributed by atoms with Gasteiger partial charge in [0.2, 0.25) is 0 Å². The lowest BCUT2D eigenvalue weighted by Gasteiger charge is -2.37. The van der Waals surface area contributed by atoms with Gasteiger partial charge in [-0.3, -0.25) is 4.90 Å². The minimum atomic E-state index is -1.41. The molecule has 4 rings (SSSR count). The largest absolute Gasteiger partial charge is 0.513 e. The number of halogens is 1. The average molecular weight is 503 g/mol. The number of phenolic OH excluding ortho intramolecular Hbond substituents is 1. The van der Waals surface area contributed by atoms with E-state index in [1.165, 1.54) is 0 Å². The van der Waals surface area contributed by atoms with Crippen LogP contribution in [-0.2, 0) is 12.0 Å². The number of carbonyl (C=O) groups is 1. The van der Waals surface area contributed by atoms with E-state index in [4.69, 9.17) is 9.52 Å². The van der Waals surface area contributed by atoms with Crippen LogP contribution in [-0.4, -0.2) is 47.4 Å². The number of carboxylic acid groups (broad SMARTS) is 1. The van der Waals surface area contributed by atoms with E-state index in [0.29, 0.717) is 17.9 Å². The van der Waals surface area contributed by atoms with Crippen molar-refractivity contribution in [2.75, 3.05) is 31.1 Å². The van der Waals surface area contributed by atoms with Crippen molar-refractivity contribution in [2.24, 2.45) is 0 Å². The number of rotatable bonds is 4. The van der Waals surface area contributed by atoms with Crippen molar-refractivity contribution in [2.45, 2.75) is 32.7 Å². The molecular weight excluding hydrogens is 476 g/mol. The smallest absolute Gasteiger partial charge is 0.507 e. The lowest BCUT2D eigenvalue weighted by atomic mass is 9.85. The van der Waals surface area contributed by atoms with Gasteiger partial charge in [-0.2, -0.15) is 0 Å². The van der Waals surface area contributed by atoms with Gasteiger partial charge in [0.15, 0.2) is 0 Å². The molecule has 0 unspecified atom stereocenters. The molecule has 1 aliphatic rings. The monoisotopic (exact) mass is 502 g/mol. The molecule has 7 nitrogen and oxygen atoms in total. The first-order chi connectivity index (χ1) is 15.1. The molecule has 1 aromatic heterocycles. The normalized spacial score (nSPS) is 15.3. The van der Waals surface area contributed by atoms with Crippen molar-refractivity contribution < 1.29 is 24.2 Å². The molecule has 0 amide bonds. The second kappa shape index (κ2) is 8.67. The fourth-order valence-corrected chi connectivity index (χ4v) is 4.83. The lowest BCUT2D eigenvalue weighted by Crippen LogP contribution is -2.46.